The molecular weight excluding hydrogens is 254 g/mol. The van der Waals surface area contributed by atoms with E-state index in [1.54, 1.807) is 0 Å². The maximum absolute atomic E-state index is 13.3. The number of hydrogen-bond donors (Lipinski definition) is 2. The lowest BCUT2D eigenvalue weighted by atomic mass is 10.0. The number of rotatable bonds is 5. The molecule has 1 aromatic rings. The van der Waals surface area contributed by atoms with Gasteiger partial charge in [-0.25, -0.2) is 8.78 Å². The van der Waals surface area contributed by atoms with Crippen LogP contribution < -0.4 is 10.6 Å². The van der Waals surface area contributed by atoms with Crippen LogP contribution in [0.4, 0.5) is 8.78 Å². The van der Waals surface area contributed by atoms with Crippen LogP contribution in [0.5, 0.6) is 0 Å². The van der Waals surface area contributed by atoms with E-state index in [1.165, 1.54) is 6.07 Å². The van der Waals surface area contributed by atoms with Gasteiger partial charge in [-0.15, -0.1) is 0 Å². The van der Waals surface area contributed by atoms with E-state index in [1.807, 2.05) is 6.92 Å². The van der Waals surface area contributed by atoms with E-state index in [-0.39, 0.29) is 30.2 Å². The highest BCUT2D eigenvalue weighted by atomic mass is 19.1. The van der Waals surface area contributed by atoms with Crippen LogP contribution in [0, 0.1) is 11.6 Å². The van der Waals surface area contributed by atoms with Crippen molar-refractivity contribution >= 4 is 5.91 Å². The molecule has 0 saturated carbocycles. The summed E-state index contributed by atoms with van der Waals surface area (Å²) in [7, 11) is 0. The zero-order valence-electron chi connectivity index (χ0n) is 10.6. The number of halogens is 2. The second-order valence-corrected chi connectivity index (χ2v) is 4.85. The minimum Gasteiger partial charge on any atom is -0.363 e. The van der Waals surface area contributed by atoms with Crippen LogP contribution in [0.25, 0.3) is 0 Å². The summed E-state index contributed by atoms with van der Waals surface area (Å²) in [4.78, 5) is 11.5. The van der Waals surface area contributed by atoms with Crippen LogP contribution in [0.1, 0.15) is 12.5 Å². The fourth-order valence-corrected chi connectivity index (χ4v) is 1.73. The van der Waals surface area contributed by atoms with Crippen molar-refractivity contribution in [3.8, 4) is 0 Å². The van der Waals surface area contributed by atoms with Gasteiger partial charge in [0.15, 0.2) is 0 Å². The Morgan fingerprint density at radius 2 is 2.21 bits per heavy atom. The van der Waals surface area contributed by atoms with Gasteiger partial charge in [-0.05, 0) is 13.0 Å². The molecule has 0 atom stereocenters. The number of benzene rings is 1. The van der Waals surface area contributed by atoms with Gasteiger partial charge in [0.1, 0.15) is 18.2 Å². The third kappa shape index (κ3) is 3.71. The number of ether oxygens (including phenoxy) is 1. The first-order valence-electron chi connectivity index (χ1n) is 6.04. The molecule has 1 amide bonds. The third-order valence-corrected chi connectivity index (χ3v) is 3.04. The Kier molecular flexibility index (Phi) is 4.11. The van der Waals surface area contributed by atoms with Crippen molar-refractivity contribution in [3.63, 3.8) is 0 Å². The van der Waals surface area contributed by atoms with Crippen LogP contribution in [0.15, 0.2) is 18.2 Å². The van der Waals surface area contributed by atoms with Gasteiger partial charge >= 0.3 is 0 Å². The van der Waals surface area contributed by atoms with Crippen LogP contribution >= 0.6 is 0 Å². The van der Waals surface area contributed by atoms with Gasteiger partial charge in [-0.1, -0.05) is 6.07 Å². The number of carbonyl (C=O) groups excluding carboxylic acids is 1. The highest BCUT2D eigenvalue weighted by Gasteiger charge is 2.32. The van der Waals surface area contributed by atoms with Crippen molar-refractivity contribution in [1.29, 1.82) is 0 Å². The monoisotopic (exact) mass is 270 g/mol. The molecular formula is C13H16F2N2O2. The average molecular weight is 270 g/mol. The van der Waals surface area contributed by atoms with E-state index in [2.05, 4.69) is 10.6 Å². The van der Waals surface area contributed by atoms with Gasteiger partial charge in [-0.3, -0.25) is 4.79 Å². The quantitative estimate of drug-likeness (QED) is 0.838. The van der Waals surface area contributed by atoms with Gasteiger partial charge < -0.3 is 15.4 Å². The van der Waals surface area contributed by atoms with Crippen LogP contribution in [0.3, 0.4) is 0 Å². The summed E-state index contributed by atoms with van der Waals surface area (Å²) < 4.78 is 31.4. The molecule has 6 heteroatoms. The molecule has 2 N–H and O–H groups in total. The molecule has 19 heavy (non-hydrogen) atoms. The highest BCUT2D eigenvalue weighted by Crippen LogP contribution is 2.14. The Morgan fingerprint density at radius 3 is 2.79 bits per heavy atom. The van der Waals surface area contributed by atoms with E-state index >= 15 is 0 Å². The Morgan fingerprint density at radius 1 is 1.47 bits per heavy atom. The first kappa shape index (κ1) is 13.9. The van der Waals surface area contributed by atoms with Crippen molar-refractivity contribution in [3.05, 3.63) is 35.4 Å². The minimum atomic E-state index is -0.670. The summed E-state index contributed by atoms with van der Waals surface area (Å²) in [5.41, 5.74) is -0.0513. The maximum Gasteiger partial charge on any atom is 0.246 e. The normalized spacial score (nSPS) is 16.8. The lowest BCUT2D eigenvalue weighted by molar-refractivity contribution is -0.136. The summed E-state index contributed by atoms with van der Waals surface area (Å²) >= 11 is 0. The molecule has 4 nitrogen and oxygen atoms in total. The molecule has 2 rings (SSSR count). The zero-order valence-corrected chi connectivity index (χ0v) is 10.6. The number of nitrogens with one attached hydrogen (secondary N) is 2. The van der Waals surface area contributed by atoms with E-state index in [4.69, 9.17) is 4.74 Å². The summed E-state index contributed by atoms with van der Waals surface area (Å²) in [6, 6.07) is 3.25. The van der Waals surface area contributed by atoms with Crippen molar-refractivity contribution < 1.29 is 18.3 Å². The van der Waals surface area contributed by atoms with E-state index in [0.29, 0.717) is 13.1 Å². The average Bonchev–Trinajstić information content (AvgIpc) is 2.33. The Balaban J connectivity index is 1.76. The van der Waals surface area contributed by atoms with Gasteiger partial charge in [0, 0.05) is 31.3 Å². The predicted molar refractivity (Wildman–Crippen MR) is 65.4 cm³/mol. The molecule has 0 spiro atoms. The molecule has 104 valence electrons. The zero-order chi connectivity index (χ0) is 13.9. The first-order valence-corrected chi connectivity index (χ1v) is 6.04. The molecule has 1 fully saturated rings. The molecule has 1 aromatic carbocycles. The molecule has 1 saturated heterocycles. The summed E-state index contributed by atoms with van der Waals surface area (Å²) in [6.45, 7) is 3.29. The predicted octanol–water partition coefficient (Wildman–Crippen LogP) is 0.959. The Bertz CT molecular complexity index is 476. The van der Waals surface area contributed by atoms with Crippen molar-refractivity contribution in [2.75, 3.05) is 19.7 Å². The van der Waals surface area contributed by atoms with Crippen molar-refractivity contribution in [1.82, 2.24) is 10.6 Å². The first-order chi connectivity index (χ1) is 8.98. The summed E-state index contributed by atoms with van der Waals surface area (Å²) in [6.07, 6.45) is 0. The van der Waals surface area contributed by atoms with Crippen molar-refractivity contribution in [2.45, 2.75) is 19.1 Å². The Labute approximate surface area is 110 Å². The molecule has 1 aliphatic rings. The van der Waals surface area contributed by atoms with Crippen LogP contribution in [-0.2, 0) is 16.1 Å². The second-order valence-electron chi connectivity index (χ2n) is 4.85. The largest absolute Gasteiger partial charge is 0.363 e. The highest BCUT2D eigenvalue weighted by molar-refractivity contribution is 5.77. The number of hydrogen-bond acceptors (Lipinski definition) is 3. The Hall–Kier alpha value is -1.53. The van der Waals surface area contributed by atoms with E-state index < -0.39 is 11.6 Å². The van der Waals surface area contributed by atoms with Gasteiger partial charge in [0.25, 0.3) is 0 Å². The molecule has 1 heterocycles. The molecule has 0 radical (unpaired) electrons. The topological polar surface area (TPSA) is 50.4 Å². The van der Waals surface area contributed by atoms with E-state index in [9.17, 15) is 13.6 Å². The van der Waals surface area contributed by atoms with Crippen LogP contribution in [0.2, 0.25) is 0 Å². The van der Waals surface area contributed by atoms with Gasteiger partial charge in [-0.2, -0.15) is 0 Å². The molecule has 1 aliphatic heterocycles. The van der Waals surface area contributed by atoms with E-state index in [0.717, 1.165) is 12.1 Å². The fraction of sp³-hybridized carbons (Fsp3) is 0.462. The number of amides is 1. The third-order valence-electron chi connectivity index (χ3n) is 3.04. The van der Waals surface area contributed by atoms with Gasteiger partial charge in [0.05, 0.1) is 5.60 Å². The standard InChI is InChI=1S/C13H16F2N2O2/c1-13(7-16-8-13)19-6-12(18)17-5-9-2-3-10(14)4-11(9)15/h2-4,16H,5-8H2,1H3,(H,17,18). The molecule has 0 bridgehead atoms. The molecule has 0 unspecified atom stereocenters. The summed E-state index contributed by atoms with van der Waals surface area (Å²) in [5.74, 6) is -1.63. The lowest BCUT2D eigenvalue weighted by Gasteiger charge is -2.38. The lowest BCUT2D eigenvalue weighted by Crippen LogP contribution is -2.59. The molecule has 0 aromatic heterocycles. The summed E-state index contributed by atoms with van der Waals surface area (Å²) in [5, 5.41) is 5.59. The minimum absolute atomic E-state index is 0.0171. The SMILES string of the molecule is CC1(OCC(=O)NCc2ccc(F)cc2F)CNC1. The number of carbonyl (C=O) groups is 1. The smallest absolute Gasteiger partial charge is 0.246 e. The van der Waals surface area contributed by atoms with Crippen LogP contribution in [-0.4, -0.2) is 31.2 Å². The van der Waals surface area contributed by atoms with Gasteiger partial charge in [0.2, 0.25) is 5.91 Å². The molecule has 0 aliphatic carbocycles. The maximum atomic E-state index is 13.3. The fourth-order valence-electron chi connectivity index (χ4n) is 1.73. The van der Waals surface area contributed by atoms with Crippen molar-refractivity contribution in [2.24, 2.45) is 0 Å². The second kappa shape index (κ2) is 5.63.